The van der Waals surface area contributed by atoms with E-state index >= 15 is 0 Å². The van der Waals surface area contributed by atoms with Gasteiger partial charge in [-0.05, 0) is 43.5 Å². The van der Waals surface area contributed by atoms with Gasteiger partial charge < -0.3 is 10.1 Å². The summed E-state index contributed by atoms with van der Waals surface area (Å²) in [6.07, 6.45) is 0.933. The molecule has 3 nitrogen and oxygen atoms in total. The molecule has 94 valence electrons. The first kappa shape index (κ1) is 14.0. The molecule has 0 saturated carbocycles. The average molecular weight is 300 g/mol. The van der Waals surface area contributed by atoms with Crippen LogP contribution in [0.15, 0.2) is 16.6 Å². The van der Waals surface area contributed by atoms with Gasteiger partial charge in [0.1, 0.15) is 5.75 Å². The summed E-state index contributed by atoms with van der Waals surface area (Å²) in [7, 11) is 0. The molecule has 0 aliphatic heterocycles. The van der Waals surface area contributed by atoms with Crippen LogP contribution in [0.2, 0.25) is 0 Å². The maximum absolute atomic E-state index is 11.4. The predicted molar refractivity (Wildman–Crippen MR) is 72.4 cm³/mol. The van der Waals surface area contributed by atoms with Crippen LogP contribution in [-0.2, 0) is 4.79 Å². The van der Waals surface area contributed by atoms with Crippen molar-refractivity contribution in [2.24, 2.45) is 0 Å². The second kappa shape index (κ2) is 6.64. The van der Waals surface area contributed by atoms with E-state index in [2.05, 4.69) is 21.2 Å². The Bertz CT molecular complexity index is 381. The maximum Gasteiger partial charge on any atom is 0.257 e. The second-order valence-corrected chi connectivity index (χ2v) is 4.80. The van der Waals surface area contributed by atoms with E-state index in [1.165, 1.54) is 0 Å². The quantitative estimate of drug-likeness (QED) is 0.908. The van der Waals surface area contributed by atoms with Crippen LogP contribution in [0, 0.1) is 13.8 Å². The SMILES string of the molecule is CCCNC(=O)COc1cc(C)c(Br)c(C)c1. The molecule has 1 N–H and O–H groups in total. The van der Waals surface area contributed by atoms with E-state index in [-0.39, 0.29) is 12.5 Å². The van der Waals surface area contributed by atoms with Gasteiger partial charge in [0.2, 0.25) is 0 Å². The molecule has 1 aromatic rings. The summed E-state index contributed by atoms with van der Waals surface area (Å²) in [6, 6.07) is 3.84. The molecule has 0 aliphatic rings. The molecule has 1 aromatic carbocycles. The number of rotatable bonds is 5. The smallest absolute Gasteiger partial charge is 0.257 e. The van der Waals surface area contributed by atoms with E-state index in [0.717, 1.165) is 27.8 Å². The van der Waals surface area contributed by atoms with Gasteiger partial charge in [0.05, 0.1) is 0 Å². The van der Waals surface area contributed by atoms with Crippen molar-refractivity contribution in [1.29, 1.82) is 0 Å². The highest BCUT2D eigenvalue weighted by Gasteiger charge is 2.05. The van der Waals surface area contributed by atoms with Crippen LogP contribution < -0.4 is 10.1 Å². The van der Waals surface area contributed by atoms with Gasteiger partial charge in [-0.2, -0.15) is 0 Å². The Balaban J connectivity index is 2.55. The Hall–Kier alpha value is -1.03. The van der Waals surface area contributed by atoms with E-state index in [0.29, 0.717) is 6.54 Å². The van der Waals surface area contributed by atoms with Crippen molar-refractivity contribution >= 4 is 21.8 Å². The van der Waals surface area contributed by atoms with Gasteiger partial charge in [-0.3, -0.25) is 4.79 Å². The van der Waals surface area contributed by atoms with E-state index in [4.69, 9.17) is 4.74 Å². The third-order valence-corrected chi connectivity index (χ3v) is 3.60. The lowest BCUT2D eigenvalue weighted by Crippen LogP contribution is -2.29. The molecule has 17 heavy (non-hydrogen) atoms. The normalized spacial score (nSPS) is 10.1. The van der Waals surface area contributed by atoms with Crippen LogP contribution in [0.3, 0.4) is 0 Å². The third-order valence-electron chi connectivity index (χ3n) is 2.35. The van der Waals surface area contributed by atoms with Crippen LogP contribution in [0.1, 0.15) is 24.5 Å². The topological polar surface area (TPSA) is 38.3 Å². The first-order valence-electron chi connectivity index (χ1n) is 5.70. The van der Waals surface area contributed by atoms with Crippen LogP contribution in [0.5, 0.6) is 5.75 Å². The molecular weight excluding hydrogens is 282 g/mol. The summed E-state index contributed by atoms with van der Waals surface area (Å²) in [4.78, 5) is 11.4. The molecule has 0 aromatic heterocycles. The van der Waals surface area contributed by atoms with Crippen molar-refractivity contribution in [2.75, 3.05) is 13.2 Å². The third kappa shape index (κ3) is 4.38. The number of aryl methyl sites for hydroxylation is 2. The van der Waals surface area contributed by atoms with Crippen LogP contribution in [0.4, 0.5) is 0 Å². The fraction of sp³-hybridized carbons (Fsp3) is 0.462. The summed E-state index contributed by atoms with van der Waals surface area (Å²) < 4.78 is 6.53. The minimum absolute atomic E-state index is 0.0700. The fourth-order valence-corrected chi connectivity index (χ4v) is 1.68. The highest BCUT2D eigenvalue weighted by Crippen LogP contribution is 2.26. The highest BCUT2D eigenvalue weighted by molar-refractivity contribution is 9.10. The molecule has 0 radical (unpaired) electrons. The van der Waals surface area contributed by atoms with Gasteiger partial charge in [-0.25, -0.2) is 0 Å². The van der Waals surface area contributed by atoms with Crippen molar-refractivity contribution in [2.45, 2.75) is 27.2 Å². The van der Waals surface area contributed by atoms with Gasteiger partial charge in [0.15, 0.2) is 6.61 Å². The number of carbonyl (C=O) groups is 1. The number of ether oxygens (including phenoxy) is 1. The van der Waals surface area contributed by atoms with Gasteiger partial charge in [-0.15, -0.1) is 0 Å². The van der Waals surface area contributed by atoms with Crippen molar-refractivity contribution < 1.29 is 9.53 Å². The Kier molecular flexibility index (Phi) is 5.48. The molecule has 4 heteroatoms. The van der Waals surface area contributed by atoms with Crippen molar-refractivity contribution in [3.05, 3.63) is 27.7 Å². The fourth-order valence-electron chi connectivity index (χ4n) is 1.45. The van der Waals surface area contributed by atoms with Gasteiger partial charge in [-0.1, -0.05) is 22.9 Å². The number of hydrogen-bond acceptors (Lipinski definition) is 2. The lowest BCUT2D eigenvalue weighted by Gasteiger charge is -2.10. The van der Waals surface area contributed by atoms with Gasteiger partial charge in [0, 0.05) is 11.0 Å². The minimum atomic E-state index is -0.0786. The van der Waals surface area contributed by atoms with E-state index in [9.17, 15) is 4.79 Å². The lowest BCUT2D eigenvalue weighted by atomic mass is 10.1. The molecule has 1 amide bonds. The summed E-state index contributed by atoms with van der Waals surface area (Å²) >= 11 is 3.49. The molecule has 0 atom stereocenters. The van der Waals surface area contributed by atoms with Crippen LogP contribution in [0.25, 0.3) is 0 Å². The number of halogens is 1. The zero-order valence-corrected chi connectivity index (χ0v) is 12.1. The van der Waals surface area contributed by atoms with E-state index in [1.54, 1.807) is 0 Å². The number of amides is 1. The predicted octanol–water partition coefficient (Wildman–Crippen LogP) is 2.97. The van der Waals surface area contributed by atoms with Gasteiger partial charge in [0.25, 0.3) is 5.91 Å². The Morgan fingerprint density at radius 3 is 2.47 bits per heavy atom. The summed E-state index contributed by atoms with van der Waals surface area (Å²) in [5, 5.41) is 2.77. The van der Waals surface area contributed by atoms with Crippen molar-refractivity contribution in [3.63, 3.8) is 0 Å². The Morgan fingerprint density at radius 1 is 1.35 bits per heavy atom. The Labute approximate surface area is 111 Å². The molecule has 0 saturated heterocycles. The summed E-state index contributed by atoms with van der Waals surface area (Å²) in [5.74, 6) is 0.653. The summed E-state index contributed by atoms with van der Waals surface area (Å²) in [5.41, 5.74) is 2.21. The molecule has 0 bridgehead atoms. The number of benzene rings is 1. The first-order chi connectivity index (χ1) is 8.04. The Morgan fingerprint density at radius 2 is 1.94 bits per heavy atom. The standard InChI is InChI=1S/C13H18BrNO2/c1-4-5-15-12(16)8-17-11-6-9(2)13(14)10(3)7-11/h6-7H,4-5,8H2,1-3H3,(H,15,16). The second-order valence-electron chi connectivity index (χ2n) is 4.01. The summed E-state index contributed by atoms with van der Waals surface area (Å²) in [6.45, 7) is 6.78. The molecule has 0 unspecified atom stereocenters. The van der Waals surface area contributed by atoms with Crippen molar-refractivity contribution in [3.8, 4) is 5.75 Å². The van der Waals surface area contributed by atoms with E-state index in [1.807, 2.05) is 32.9 Å². The molecule has 0 spiro atoms. The minimum Gasteiger partial charge on any atom is -0.484 e. The lowest BCUT2D eigenvalue weighted by molar-refractivity contribution is -0.123. The number of hydrogen-bond donors (Lipinski definition) is 1. The molecule has 0 aliphatic carbocycles. The molecule has 1 rings (SSSR count). The van der Waals surface area contributed by atoms with Crippen molar-refractivity contribution in [1.82, 2.24) is 5.32 Å². The number of carbonyl (C=O) groups excluding carboxylic acids is 1. The zero-order valence-electron chi connectivity index (χ0n) is 10.5. The van der Waals surface area contributed by atoms with Crippen LogP contribution in [-0.4, -0.2) is 19.1 Å². The monoisotopic (exact) mass is 299 g/mol. The first-order valence-corrected chi connectivity index (χ1v) is 6.50. The maximum atomic E-state index is 11.4. The zero-order chi connectivity index (χ0) is 12.8. The highest BCUT2D eigenvalue weighted by atomic mass is 79.9. The van der Waals surface area contributed by atoms with Gasteiger partial charge >= 0.3 is 0 Å². The molecular formula is C13H18BrNO2. The molecule has 0 heterocycles. The van der Waals surface area contributed by atoms with E-state index < -0.39 is 0 Å². The largest absolute Gasteiger partial charge is 0.484 e. The molecule has 0 fully saturated rings. The van der Waals surface area contributed by atoms with Crippen LogP contribution >= 0.6 is 15.9 Å². The average Bonchev–Trinajstić information content (AvgIpc) is 2.30. The number of nitrogens with one attached hydrogen (secondary N) is 1.